The van der Waals surface area contributed by atoms with Gasteiger partial charge in [0, 0.05) is 30.5 Å². The van der Waals surface area contributed by atoms with E-state index >= 15 is 0 Å². The highest BCUT2D eigenvalue weighted by Crippen LogP contribution is 2.18. The van der Waals surface area contributed by atoms with E-state index in [2.05, 4.69) is 64.3 Å². The van der Waals surface area contributed by atoms with Crippen LogP contribution in [0.25, 0.3) is 0 Å². The van der Waals surface area contributed by atoms with Crippen molar-refractivity contribution in [2.24, 2.45) is 0 Å². The molecule has 2 saturated heterocycles. The Labute approximate surface area is 202 Å². The van der Waals surface area contributed by atoms with Crippen LogP contribution in [0.2, 0.25) is 0 Å². The van der Waals surface area contributed by atoms with Crippen LogP contribution in [0.5, 0.6) is 0 Å². The van der Waals surface area contributed by atoms with E-state index in [1.54, 1.807) is 0 Å². The molecule has 2 aromatic carbocycles. The molecule has 4 rings (SSSR count). The second kappa shape index (κ2) is 11.6. The van der Waals surface area contributed by atoms with Crippen molar-refractivity contribution in [3.63, 3.8) is 0 Å². The Bertz CT molecular complexity index is 870. The molecule has 2 unspecified atom stereocenters. The maximum atomic E-state index is 12.3. The highest BCUT2D eigenvalue weighted by atomic mass is 16.2. The van der Waals surface area contributed by atoms with Crippen molar-refractivity contribution in [2.45, 2.75) is 70.7 Å². The maximum absolute atomic E-state index is 12.3. The highest BCUT2D eigenvalue weighted by molar-refractivity contribution is 5.95. The number of hydrogen-bond donors (Lipinski definition) is 4. The van der Waals surface area contributed by atoms with Crippen molar-refractivity contribution in [1.82, 2.24) is 15.5 Å². The zero-order valence-corrected chi connectivity index (χ0v) is 20.3. The molecule has 182 valence electrons. The summed E-state index contributed by atoms with van der Waals surface area (Å²) >= 11 is 0. The highest BCUT2D eigenvalue weighted by Gasteiger charge is 2.23. The summed E-state index contributed by atoms with van der Waals surface area (Å²) in [6, 6.07) is 16.5. The summed E-state index contributed by atoms with van der Waals surface area (Å²) in [5.41, 5.74) is 4.09. The Morgan fingerprint density at radius 3 is 1.53 bits per heavy atom. The minimum absolute atomic E-state index is 0.0493. The van der Waals surface area contributed by atoms with Crippen LogP contribution in [0.3, 0.4) is 0 Å². The molecule has 2 amide bonds. The quantitative estimate of drug-likeness (QED) is 0.458. The van der Waals surface area contributed by atoms with Crippen molar-refractivity contribution < 1.29 is 9.59 Å². The molecule has 0 radical (unpaired) electrons. The third-order valence-corrected chi connectivity index (χ3v) is 6.70. The molecule has 34 heavy (non-hydrogen) atoms. The fourth-order valence-electron chi connectivity index (χ4n) is 4.55. The lowest BCUT2D eigenvalue weighted by atomic mass is 10.1. The number of anilines is 2. The lowest BCUT2D eigenvalue weighted by Crippen LogP contribution is -2.35. The molecule has 7 nitrogen and oxygen atoms in total. The molecular formula is C27H37N5O2. The third-order valence-electron chi connectivity index (χ3n) is 6.70. The normalized spacial score (nSPS) is 20.1. The van der Waals surface area contributed by atoms with E-state index in [1.165, 1.54) is 11.1 Å². The molecule has 2 aromatic rings. The van der Waals surface area contributed by atoms with Crippen LogP contribution in [0.1, 0.15) is 50.7 Å². The van der Waals surface area contributed by atoms with Crippen LogP contribution >= 0.6 is 0 Å². The molecule has 0 spiro atoms. The fourth-order valence-corrected chi connectivity index (χ4v) is 4.55. The fraction of sp³-hybridized carbons (Fsp3) is 0.481. The summed E-state index contributed by atoms with van der Waals surface area (Å²) in [6.45, 7) is 7.87. The Morgan fingerprint density at radius 2 is 1.21 bits per heavy atom. The summed E-state index contributed by atoms with van der Waals surface area (Å²) in [5, 5.41) is 12.5. The zero-order valence-electron chi connectivity index (χ0n) is 20.3. The molecule has 2 atom stereocenters. The minimum Gasteiger partial charge on any atom is -0.325 e. The van der Waals surface area contributed by atoms with Gasteiger partial charge in [0.2, 0.25) is 11.8 Å². The first-order chi connectivity index (χ1) is 16.5. The first kappa shape index (κ1) is 24.4. The van der Waals surface area contributed by atoms with Crippen LogP contribution < -0.4 is 21.3 Å². The van der Waals surface area contributed by atoms with Gasteiger partial charge in [-0.3, -0.25) is 14.5 Å². The van der Waals surface area contributed by atoms with E-state index in [0.717, 1.165) is 63.2 Å². The molecule has 4 N–H and O–H groups in total. The van der Waals surface area contributed by atoms with E-state index in [4.69, 9.17) is 0 Å². The van der Waals surface area contributed by atoms with E-state index in [0.29, 0.717) is 6.04 Å². The molecule has 0 aromatic heterocycles. The number of nitrogens with one attached hydrogen (secondary N) is 4. The van der Waals surface area contributed by atoms with E-state index in [9.17, 15) is 9.59 Å². The molecule has 2 aliphatic rings. The SMILES string of the molecule is CC(C)N(Cc1ccc(NC(=O)C2CCCN2)cc1)Cc1ccc(NC(=O)C2CCCN2)cc1. The summed E-state index contributed by atoms with van der Waals surface area (Å²) < 4.78 is 0. The van der Waals surface area contributed by atoms with E-state index < -0.39 is 0 Å². The Morgan fingerprint density at radius 1 is 0.794 bits per heavy atom. The number of benzene rings is 2. The summed E-state index contributed by atoms with van der Waals surface area (Å²) in [7, 11) is 0. The second-order valence-electron chi connectivity index (χ2n) is 9.67. The Kier molecular flexibility index (Phi) is 8.32. The minimum atomic E-state index is -0.0739. The van der Waals surface area contributed by atoms with Gasteiger partial charge >= 0.3 is 0 Å². The lowest BCUT2D eigenvalue weighted by molar-refractivity contribution is -0.118. The average Bonchev–Trinajstić information content (AvgIpc) is 3.56. The van der Waals surface area contributed by atoms with Crippen molar-refractivity contribution in [2.75, 3.05) is 23.7 Å². The first-order valence-corrected chi connectivity index (χ1v) is 12.5. The largest absolute Gasteiger partial charge is 0.325 e. The molecule has 2 aliphatic heterocycles. The standard InChI is InChI=1S/C27H37N5O2/c1-19(2)32(17-20-7-11-22(12-8-20)30-26(33)24-5-3-15-28-24)18-21-9-13-23(14-10-21)31-27(34)25-6-4-16-29-25/h7-14,19,24-25,28-29H,3-6,15-18H2,1-2H3,(H,30,33)(H,31,34). The van der Waals surface area contributed by atoms with E-state index in [-0.39, 0.29) is 23.9 Å². The van der Waals surface area contributed by atoms with Gasteiger partial charge in [-0.15, -0.1) is 0 Å². The first-order valence-electron chi connectivity index (χ1n) is 12.5. The number of carbonyl (C=O) groups is 2. The topological polar surface area (TPSA) is 85.5 Å². The molecule has 7 heteroatoms. The maximum Gasteiger partial charge on any atom is 0.241 e. The van der Waals surface area contributed by atoms with Crippen LogP contribution in [0.4, 0.5) is 11.4 Å². The molecule has 0 bridgehead atoms. The third kappa shape index (κ3) is 6.65. The van der Waals surface area contributed by atoms with Gasteiger partial charge in [0.1, 0.15) is 0 Å². The van der Waals surface area contributed by atoms with Gasteiger partial charge in [-0.05, 0) is 88.0 Å². The monoisotopic (exact) mass is 463 g/mol. The van der Waals surface area contributed by atoms with Crippen molar-refractivity contribution in [3.8, 4) is 0 Å². The molecule has 2 fully saturated rings. The Balaban J connectivity index is 1.30. The average molecular weight is 464 g/mol. The number of carbonyl (C=O) groups excluding carboxylic acids is 2. The molecular weight excluding hydrogens is 426 g/mol. The summed E-state index contributed by atoms with van der Waals surface area (Å²) in [6.07, 6.45) is 3.91. The molecule has 0 saturated carbocycles. The number of rotatable bonds is 9. The number of amides is 2. The number of nitrogens with zero attached hydrogens (tertiary/aromatic N) is 1. The van der Waals surface area contributed by atoms with Crippen molar-refractivity contribution >= 4 is 23.2 Å². The summed E-state index contributed by atoms with van der Waals surface area (Å²) in [5.74, 6) is 0.0985. The Hall–Kier alpha value is -2.74. The van der Waals surface area contributed by atoms with Gasteiger partial charge in [0.15, 0.2) is 0 Å². The van der Waals surface area contributed by atoms with Gasteiger partial charge in [0.25, 0.3) is 0 Å². The predicted octanol–water partition coefficient (Wildman–Crippen LogP) is 3.48. The van der Waals surface area contributed by atoms with Gasteiger partial charge in [-0.1, -0.05) is 24.3 Å². The molecule has 0 aliphatic carbocycles. The second-order valence-corrected chi connectivity index (χ2v) is 9.67. The van der Waals surface area contributed by atoms with E-state index in [1.807, 2.05) is 24.3 Å². The van der Waals surface area contributed by atoms with Gasteiger partial charge < -0.3 is 21.3 Å². The zero-order chi connectivity index (χ0) is 23.9. The predicted molar refractivity (Wildman–Crippen MR) is 137 cm³/mol. The van der Waals surface area contributed by atoms with Gasteiger partial charge in [-0.2, -0.15) is 0 Å². The van der Waals surface area contributed by atoms with Crippen molar-refractivity contribution in [1.29, 1.82) is 0 Å². The summed E-state index contributed by atoms with van der Waals surface area (Å²) in [4.78, 5) is 27.0. The molecule has 2 heterocycles. The van der Waals surface area contributed by atoms with Crippen LogP contribution in [0, 0.1) is 0 Å². The van der Waals surface area contributed by atoms with Crippen LogP contribution in [-0.4, -0.2) is 47.9 Å². The van der Waals surface area contributed by atoms with Gasteiger partial charge in [0.05, 0.1) is 12.1 Å². The lowest BCUT2D eigenvalue weighted by Gasteiger charge is -2.27. The van der Waals surface area contributed by atoms with Crippen LogP contribution in [-0.2, 0) is 22.7 Å². The van der Waals surface area contributed by atoms with Gasteiger partial charge in [-0.25, -0.2) is 0 Å². The van der Waals surface area contributed by atoms with Crippen LogP contribution in [0.15, 0.2) is 48.5 Å². The van der Waals surface area contributed by atoms with Crippen molar-refractivity contribution in [3.05, 3.63) is 59.7 Å². The smallest absolute Gasteiger partial charge is 0.241 e. The number of hydrogen-bond acceptors (Lipinski definition) is 5.